The molecule has 9 heteroatoms. The number of carbonyl (C=O) groups excluding carboxylic acids is 3. The fraction of sp³-hybridized carbons (Fsp3) is 0. The van der Waals surface area contributed by atoms with Gasteiger partial charge in [-0.1, -0.05) is 0 Å². The van der Waals surface area contributed by atoms with E-state index >= 15 is 0 Å². The van der Waals surface area contributed by atoms with Gasteiger partial charge in [0.25, 0.3) is 6.47 Å². The van der Waals surface area contributed by atoms with Crippen molar-refractivity contribution in [1.82, 2.24) is 0 Å². The summed E-state index contributed by atoms with van der Waals surface area (Å²) < 4.78 is 0. The van der Waals surface area contributed by atoms with Crippen LogP contribution in [0.1, 0.15) is 4.28 Å². The summed E-state index contributed by atoms with van der Waals surface area (Å²) in [6.07, 6.45) is -2.33. The van der Waals surface area contributed by atoms with Gasteiger partial charge in [0.15, 0.2) is 0 Å². The summed E-state index contributed by atoms with van der Waals surface area (Å²) in [5.41, 5.74) is 0. The second kappa shape index (κ2) is 22.9. The van der Waals surface area contributed by atoms with E-state index in [4.69, 9.17) is 35.1 Å². The number of carbonyl (C=O) groups is 3. The van der Waals surface area contributed by atoms with Gasteiger partial charge >= 0.3 is 9.33 Å². The van der Waals surface area contributed by atoms with Gasteiger partial charge in [0.1, 0.15) is 0 Å². The van der Waals surface area contributed by atoms with Crippen LogP contribution in [0.4, 0.5) is 4.79 Å². The summed E-state index contributed by atoms with van der Waals surface area (Å²) in [7, 11) is 0. The highest BCUT2D eigenvalue weighted by molar-refractivity contribution is 5.47. The molecule has 1 N–H and O–H groups in total. The molecule has 0 bridgehead atoms. The minimum atomic E-state index is -2.33. The highest BCUT2D eigenvalue weighted by Gasteiger charge is 1.47. The van der Waals surface area contributed by atoms with Gasteiger partial charge in [0.2, 0.25) is 0 Å². The van der Waals surface area contributed by atoms with E-state index in [1.165, 1.54) is 0 Å². The van der Waals surface area contributed by atoms with E-state index in [2.05, 4.69) is 9.78 Å². The lowest BCUT2D eigenvalue weighted by Gasteiger charge is -1.96. The molecule has 0 saturated carbocycles. The SMILES string of the molecule is O=C([O-])[O-].O=COO.O=CO[O-].[H+].[H+].[HH]. The molecule has 0 aromatic rings. The molecule has 0 atom stereocenters. The van der Waals surface area contributed by atoms with E-state index in [1.54, 1.807) is 0 Å². The molecule has 0 spiro atoms. The molecule has 0 saturated heterocycles. The van der Waals surface area contributed by atoms with Crippen molar-refractivity contribution in [2.24, 2.45) is 0 Å². The van der Waals surface area contributed by atoms with Crippen LogP contribution in [0.5, 0.6) is 0 Å². The van der Waals surface area contributed by atoms with Crippen molar-refractivity contribution in [3.8, 4) is 0 Å². The number of hydrogen-bond donors (Lipinski definition) is 1. The van der Waals surface area contributed by atoms with Gasteiger partial charge in [-0.3, -0.25) is 9.59 Å². The molecule has 12 heavy (non-hydrogen) atoms. The molecule has 74 valence electrons. The van der Waals surface area contributed by atoms with E-state index in [0.29, 0.717) is 0 Å². The summed E-state index contributed by atoms with van der Waals surface area (Å²) in [6, 6.07) is 0. The summed E-state index contributed by atoms with van der Waals surface area (Å²) >= 11 is 0. The third-order valence-electron chi connectivity index (χ3n) is 0.0823. The first-order valence-corrected chi connectivity index (χ1v) is 1.90. The fourth-order valence-corrected chi connectivity index (χ4v) is 0. The minimum Gasteiger partial charge on any atom is -0.662 e. The summed E-state index contributed by atoms with van der Waals surface area (Å²) in [6.45, 7) is -0.250. The largest absolute Gasteiger partial charge is 1.00 e. The average molecular weight is 187 g/mol. The maximum Gasteiger partial charge on any atom is 1.00 e. The first-order valence-electron chi connectivity index (χ1n) is 1.90. The molecular formula is C3H7O9-. The molecule has 0 rings (SSSR count). The Hall–Kier alpha value is -1.87. The summed E-state index contributed by atoms with van der Waals surface area (Å²) in [4.78, 5) is 31.1. The van der Waals surface area contributed by atoms with Crippen LogP contribution in [0.2, 0.25) is 0 Å². The lowest BCUT2D eigenvalue weighted by atomic mass is 11.5. The minimum absolute atomic E-state index is 0. The van der Waals surface area contributed by atoms with Crippen LogP contribution in [0, 0.1) is 0 Å². The van der Waals surface area contributed by atoms with E-state index in [0.717, 1.165) is 0 Å². The quantitative estimate of drug-likeness (QED) is 0.258. The number of hydrogen-bond acceptors (Lipinski definition) is 9. The highest BCUT2D eigenvalue weighted by atomic mass is 17.1. The monoisotopic (exact) mass is 187 g/mol. The van der Waals surface area contributed by atoms with Crippen molar-refractivity contribution < 1.29 is 49.2 Å². The molecule has 0 aliphatic carbocycles. The van der Waals surface area contributed by atoms with Crippen LogP contribution in [-0.4, -0.2) is 24.4 Å². The molecule has 0 unspecified atom stereocenters. The Morgan fingerprint density at radius 2 is 1.58 bits per heavy atom. The van der Waals surface area contributed by atoms with Gasteiger partial charge in [-0.15, -0.1) is 0 Å². The summed E-state index contributed by atoms with van der Waals surface area (Å²) in [5.74, 6) is 0. The van der Waals surface area contributed by atoms with Gasteiger partial charge in [0.05, 0.1) is 0 Å². The zero-order valence-electron chi connectivity index (χ0n) is 7.37. The van der Waals surface area contributed by atoms with Crippen molar-refractivity contribution in [3.05, 3.63) is 0 Å². The van der Waals surface area contributed by atoms with Crippen molar-refractivity contribution >= 4 is 19.1 Å². The number of rotatable bonds is 2. The predicted octanol–water partition coefficient (Wildman–Crippen LogP) is -3.91. The second-order valence-corrected chi connectivity index (χ2v) is 0.644. The Morgan fingerprint density at radius 1 is 1.42 bits per heavy atom. The maximum absolute atomic E-state index is 8.70. The highest BCUT2D eigenvalue weighted by Crippen LogP contribution is 1.33. The van der Waals surface area contributed by atoms with Crippen LogP contribution in [0.25, 0.3) is 0 Å². The molecule has 0 aromatic carbocycles. The van der Waals surface area contributed by atoms with E-state index in [9.17, 15) is 0 Å². The normalized spacial score (nSPS) is 5.50. The molecular weight excluding hydrogens is 180 g/mol. The predicted molar refractivity (Wildman–Crippen MR) is 26.7 cm³/mol. The topological polar surface area (TPSA) is 159 Å². The Kier molecular flexibility index (Phi) is 31.7. The molecule has 0 radical (unpaired) electrons. The molecule has 0 fully saturated rings. The smallest absolute Gasteiger partial charge is 0.662 e. The molecule has 9 nitrogen and oxygen atoms in total. The van der Waals surface area contributed by atoms with Crippen molar-refractivity contribution in [2.45, 2.75) is 0 Å². The van der Waals surface area contributed by atoms with Crippen molar-refractivity contribution in [1.29, 1.82) is 0 Å². The Bertz CT molecular complexity index is 107. The van der Waals surface area contributed by atoms with Crippen LogP contribution in [0.3, 0.4) is 0 Å². The Labute approximate surface area is 69.7 Å². The number of carboxylic acid groups (broad SMARTS) is 2. The zero-order chi connectivity index (χ0) is 10.4. The maximum atomic E-state index is 8.70. The van der Waals surface area contributed by atoms with Gasteiger partial charge in [-0.2, -0.15) is 0 Å². The third-order valence-corrected chi connectivity index (χ3v) is 0.0823. The van der Waals surface area contributed by atoms with Crippen LogP contribution < -0.4 is 15.5 Å². The van der Waals surface area contributed by atoms with Crippen molar-refractivity contribution in [2.75, 3.05) is 0 Å². The lowest BCUT2D eigenvalue weighted by molar-refractivity contribution is -0.652. The van der Waals surface area contributed by atoms with Crippen molar-refractivity contribution in [3.63, 3.8) is 0 Å². The Balaban J connectivity index is -0.0000000184. The Morgan fingerprint density at radius 3 is 1.58 bits per heavy atom. The van der Waals surface area contributed by atoms with Crippen LogP contribution >= 0.6 is 0 Å². The third kappa shape index (κ3) is 24500. The van der Waals surface area contributed by atoms with Gasteiger partial charge < -0.3 is 30.0 Å². The van der Waals surface area contributed by atoms with E-state index < -0.39 is 6.16 Å². The standard InChI is InChI=1S/3CH2O3.H2/c2*2-1-4-3;2-1(3)4;/h2*1,3H;(H2,2,3,4);1H/p-1. The van der Waals surface area contributed by atoms with Crippen LogP contribution in [-0.2, 0) is 19.4 Å². The lowest BCUT2D eigenvalue weighted by Crippen LogP contribution is -2.37. The molecule has 0 aliphatic rings. The summed E-state index contributed by atoms with van der Waals surface area (Å²) in [5, 5.41) is 32.1. The fourth-order valence-electron chi connectivity index (χ4n) is 0. The molecule has 0 amide bonds. The van der Waals surface area contributed by atoms with Gasteiger partial charge in [-0.25, -0.2) is 5.26 Å². The molecule has 0 heterocycles. The van der Waals surface area contributed by atoms with Gasteiger partial charge in [0, 0.05) is 1.43 Å². The molecule has 0 aliphatic heterocycles. The van der Waals surface area contributed by atoms with E-state index in [-0.39, 0.29) is 17.2 Å². The molecule has 0 aromatic heterocycles. The first kappa shape index (κ1) is 16.6. The van der Waals surface area contributed by atoms with Gasteiger partial charge in [-0.05, 0) is 6.16 Å². The first-order chi connectivity index (χ1) is 5.56. The average Bonchev–Trinajstić information content (AvgIpc) is 2.03. The van der Waals surface area contributed by atoms with Crippen LogP contribution in [0.15, 0.2) is 0 Å². The second-order valence-electron chi connectivity index (χ2n) is 0.644. The zero-order valence-corrected chi connectivity index (χ0v) is 5.37. The van der Waals surface area contributed by atoms with E-state index in [1.807, 2.05) is 0 Å².